The molecule has 0 bridgehead atoms. The molecular formula is C22H16FN3OS. The number of hydrogen-bond donors (Lipinski definition) is 0. The van der Waals surface area contributed by atoms with Gasteiger partial charge in [0, 0.05) is 0 Å². The standard InChI is InChI=1S/C22H16FN3OS/c1-14-3-4-15(2)17(9-14)10-20-21(27)26(22(28-20)18(11-24)12-25)13-16-5-7-19(23)8-6-16/h3-10H,13H2,1-2H3/b20-10-. The fourth-order valence-corrected chi connectivity index (χ4v) is 3.84. The third-order valence-corrected chi connectivity index (χ3v) is 5.45. The molecule has 0 atom stereocenters. The molecule has 0 spiro atoms. The molecule has 4 nitrogen and oxygen atoms in total. The lowest BCUT2D eigenvalue weighted by molar-refractivity contribution is 0.626. The van der Waals surface area contributed by atoms with E-state index in [1.807, 2.05) is 44.2 Å². The Balaban J connectivity index is 2.26. The number of aryl methyl sites for hydroxylation is 2. The number of halogens is 1. The molecule has 1 aromatic heterocycles. The molecule has 0 unspecified atom stereocenters. The maximum atomic E-state index is 13.2. The minimum Gasteiger partial charge on any atom is -0.293 e. The molecule has 28 heavy (non-hydrogen) atoms. The summed E-state index contributed by atoms with van der Waals surface area (Å²) in [4.78, 5) is 13.0. The summed E-state index contributed by atoms with van der Waals surface area (Å²) in [6.07, 6.45) is 1.78. The van der Waals surface area contributed by atoms with Gasteiger partial charge >= 0.3 is 0 Å². The van der Waals surface area contributed by atoms with Crippen molar-refractivity contribution in [3.05, 3.63) is 90.1 Å². The lowest BCUT2D eigenvalue weighted by Crippen LogP contribution is -2.32. The first-order valence-corrected chi connectivity index (χ1v) is 9.32. The van der Waals surface area contributed by atoms with Crippen molar-refractivity contribution in [2.75, 3.05) is 0 Å². The van der Waals surface area contributed by atoms with Crippen LogP contribution in [-0.4, -0.2) is 4.57 Å². The molecule has 3 rings (SSSR count). The quantitative estimate of drug-likeness (QED) is 0.692. The van der Waals surface area contributed by atoms with Crippen LogP contribution in [0.3, 0.4) is 0 Å². The Kier molecular flexibility index (Phi) is 5.54. The van der Waals surface area contributed by atoms with Crippen LogP contribution in [0.15, 0.2) is 47.3 Å². The normalized spacial score (nSPS) is 11.1. The van der Waals surface area contributed by atoms with Gasteiger partial charge in [0.1, 0.15) is 22.6 Å². The molecule has 0 aliphatic rings. The first-order chi connectivity index (χ1) is 13.4. The maximum Gasteiger partial charge on any atom is 0.269 e. The zero-order chi connectivity index (χ0) is 20.3. The van der Waals surface area contributed by atoms with Crippen molar-refractivity contribution in [3.8, 4) is 12.1 Å². The van der Waals surface area contributed by atoms with Crippen LogP contribution in [0, 0.1) is 42.3 Å². The molecule has 0 fully saturated rings. The molecule has 6 heteroatoms. The van der Waals surface area contributed by atoms with Gasteiger partial charge in [-0.1, -0.05) is 35.9 Å². The molecule has 0 aliphatic carbocycles. The van der Waals surface area contributed by atoms with Gasteiger partial charge in [0.05, 0.1) is 11.1 Å². The molecule has 1 heterocycles. The van der Waals surface area contributed by atoms with Crippen LogP contribution >= 0.6 is 11.3 Å². The monoisotopic (exact) mass is 389 g/mol. The van der Waals surface area contributed by atoms with E-state index in [1.54, 1.807) is 18.2 Å². The second kappa shape index (κ2) is 8.04. The zero-order valence-electron chi connectivity index (χ0n) is 15.4. The highest BCUT2D eigenvalue weighted by Gasteiger charge is 2.10. The average Bonchev–Trinajstić information content (AvgIpc) is 2.97. The SMILES string of the molecule is Cc1ccc(C)c(/C=c2\sc(=C(C#N)C#N)n(Cc3ccc(F)cc3)c2=O)c1. The number of rotatable bonds is 3. The van der Waals surface area contributed by atoms with E-state index >= 15 is 0 Å². The number of nitrogens with zero attached hydrogens (tertiary/aromatic N) is 3. The number of benzene rings is 2. The van der Waals surface area contributed by atoms with Crippen molar-refractivity contribution in [2.24, 2.45) is 0 Å². The van der Waals surface area contributed by atoms with E-state index in [4.69, 9.17) is 0 Å². The Morgan fingerprint density at radius 2 is 1.82 bits per heavy atom. The van der Waals surface area contributed by atoms with E-state index in [1.165, 1.54) is 16.7 Å². The highest BCUT2D eigenvalue weighted by atomic mass is 32.1. The molecule has 0 aliphatic heterocycles. The van der Waals surface area contributed by atoms with Crippen LogP contribution in [0.1, 0.15) is 22.3 Å². The van der Waals surface area contributed by atoms with Crippen LogP contribution in [-0.2, 0) is 6.54 Å². The minimum atomic E-state index is -0.369. The van der Waals surface area contributed by atoms with Crippen LogP contribution in [0.5, 0.6) is 0 Å². The Morgan fingerprint density at radius 3 is 2.46 bits per heavy atom. The summed E-state index contributed by atoms with van der Waals surface area (Å²) >= 11 is 1.11. The van der Waals surface area contributed by atoms with Crippen LogP contribution < -0.4 is 14.8 Å². The van der Waals surface area contributed by atoms with Crippen molar-refractivity contribution < 1.29 is 4.39 Å². The van der Waals surface area contributed by atoms with E-state index in [0.29, 0.717) is 14.8 Å². The molecule has 0 saturated carbocycles. The van der Waals surface area contributed by atoms with E-state index < -0.39 is 0 Å². The van der Waals surface area contributed by atoms with Gasteiger partial charge in [-0.3, -0.25) is 9.36 Å². The summed E-state index contributed by atoms with van der Waals surface area (Å²) in [6.45, 7) is 4.08. The van der Waals surface area contributed by atoms with Crippen molar-refractivity contribution in [1.29, 1.82) is 10.5 Å². The van der Waals surface area contributed by atoms with E-state index in [9.17, 15) is 19.7 Å². The number of hydrogen-bond acceptors (Lipinski definition) is 4. The van der Waals surface area contributed by atoms with Gasteiger partial charge in [0.2, 0.25) is 0 Å². The van der Waals surface area contributed by atoms with Gasteiger partial charge in [0.15, 0.2) is 5.57 Å². The summed E-state index contributed by atoms with van der Waals surface area (Å²) in [7, 11) is 0. The van der Waals surface area contributed by atoms with E-state index in [0.717, 1.165) is 28.0 Å². The summed E-state index contributed by atoms with van der Waals surface area (Å²) in [5.74, 6) is -0.369. The fraction of sp³-hybridized carbons (Fsp3) is 0.136. The smallest absolute Gasteiger partial charge is 0.269 e. The average molecular weight is 389 g/mol. The summed E-state index contributed by atoms with van der Waals surface area (Å²) in [6, 6.07) is 15.5. The summed E-state index contributed by atoms with van der Waals surface area (Å²) in [5.41, 5.74) is 3.31. The highest BCUT2D eigenvalue weighted by Crippen LogP contribution is 2.11. The highest BCUT2D eigenvalue weighted by molar-refractivity contribution is 7.07. The fourth-order valence-electron chi connectivity index (χ4n) is 2.80. The molecule has 3 aromatic rings. The van der Waals surface area contributed by atoms with Crippen LogP contribution in [0.2, 0.25) is 0 Å². The Labute approximate surface area is 165 Å². The molecule has 2 aromatic carbocycles. The summed E-state index contributed by atoms with van der Waals surface area (Å²) in [5, 5.41) is 18.6. The first-order valence-electron chi connectivity index (χ1n) is 8.50. The van der Waals surface area contributed by atoms with Gasteiger partial charge < -0.3 is 0 Å². The van der Waals surface area contributed by atoms with E-state index in [-0.39, 0.29) is 23.5 Å². The van der Waals surface area contributed by atoms with Crippen LogP contribution in [0.25, 0.3) is 11.6 Å². The maximum absolute atomic E-state index is 13.2. The molecule has 0 amide bonds. The van der Waals surface area contributed by atoms with Gasteiger partial charge in [0.25, 0.3) is 5.56 Å². The Hall–Kier alpha value is -3.48. The Morgan fingerprint density at radius 1 is 1.14 bits per heavy atom. The lowest BCUT2D eigenvalue weighted by atomic mass is 10.1. The molecule has 0 saturated heterocycles. The molecule has 138 valence electrons. The third-order valence-electron chi connectivity index (χ3n) is 4.32. The van der Waals surface area contributed by atoms with Crippen molar-refractivity contribution >= 4 is 23.0 Å². The number of nitriles is 2. The summed E-state index contributed by atoms with van der Waals surface area (Å²) < 4.78 is 15.3. The van der Waals surface area contributed by atoms with Crippen molar-refractivity contribution in [3.63, 3.8) is 0 Å². The topological polar surface area (TPSA) is 69.6 Å². The Bertz CT molecular complexity index is 1290. The van der Waals surface area contributed by atoms with Gasteiger partial charge in [-0.25, -0.2) is 4.39 Å². The van der Waals surface area contributed by atoms with Gasteiger partial charge in [-0.2, -0.15) is 10.5 Å². The molecular weight excluding hydrogens is 373 g/mol. The largest absolute Gasteiger partial charge is 0.293 e. The van der Waals surface area contributed by atoms with Gasteiger partial charge in [-0.15, -0.1) is 11.3 Å². The van der Waals surface area contributed by atoms with Crippen molar-refractivity contribution in [2.45, 2.75) is 20.4 Å². The van der Waals surface area contributed by atoms with Gasteiger partial charge in [-0.05, 0) is 48.7 Å². The van der Waals surface area contributed by atoms with Crippen LogP contribution in [0.4, 0.5) is 4.39 Å². The predicted molar refractivity (Wildman–Crippen MR) is 107 cm³/mol. The zero-order valence-corrected chi connectivity index (χ0v) is 16.2. The lowest BCUT2D eigenvalue weighted by Gasteiger charge is -2.03. The van der Waals surface area contributed by atoms with Crippen molar-refractivity contribution in [1.82, 2.24) is 4.57 Å². The molecule has 0 radical (unpaired) electrons. The third kappa shape index (κ3) is 3.93. The second-order valence-electron chi connectivity index (χ2n) is 6.39. The number of aromatic nitrogens is 1. The first kappa shape index (κ1) is 19.3. The number of thiazole rings is 1. The minimum absolute atomic E-state index is 0.121. The predicted octanol–water partition coefficient (Wildman–Crippen LogP) is 2.74. The second-order valence-corrected chi connectivity index (χ2v) is 7.42. The van der Waals surface area contributed by atoms with E-state index in [2.05, 4.69) is 0 Å². The molecule has 0 N–H and O–H groups in total.